The van der Waals surface area contributed by atoms with Gasteiger partial charge in [-0.2, -0.15) is 0 Å². The second-order valence-electron chi connectivity index (χ2n) is 4.19. The van der Waals surface area contributed by atoms with Gasteiger partial charge in [0.15, 0.2) is 0 Å². The molecule has 0 radical (unpaired) electrons. The molecule has 0 atom stereocenters. The molecule has 0 fully saturated rings. The first kappa shape index (κ1) is 14.9. The zero-order chi connectivity index (χ0) is 15.6. The van der Waals surface area contributed by atoms with Gasteiger partial charge in [-0.3, -0.25) is 14.9 Å². The van der Waals surface area contributed by atoms with Crippen LogP contribution in [0.3, 0.4) is 0 Å². The number of nitro groups is 1. The summed E-state index contributed by atoms with van der Waals surface area (Å²) in [5.74, 6) is -1.33. The molecule has 108 valence electrons. The van der Waals surface area contributed by atoms with Crippen LogP contribution < -0.4 is 5.56 Å². The Balaban J connectivity index is 2.49. The first-order chi connectivity index (χ1) is 9.90. The molecule has 0 saturated carbocycles. The van der Waals surface area contributed by atoms with E-state index < -0.39 is 16.5 Å². The number of nitro benzene ring substituents is 1. The number of carboxylic acid groups (broad SMARTS) is 1. The van der Waals surface area contributed by atoms with E-state index in [9.17, 15) is 19.7 Å². The van der Waals surface area contributed by atoms with E-state index in [1.54, 1.807) is 6.07 Å². The molecule has 1 aromatic heterocycles. The highest BCUT2D eigenvalue weighted by atomic mass is 79.9. The van der Waals surface area contributed by atoms with E-state index in [1.165, 1.54) is 30.5 Å². The van der Waals surface area contributed by atoms with Crippen molar-refractivity contribution >= 4 is 27.6 Å². The summed E-state index contributed by atoms with van der Waals surface area (Å²) in [6.07, 6.45) is 1.39. The van der Waals surface area contributed by atoms with Crippen LogP contribution in [0.25, 0.3) is 0 Å². The van der Waals surface area contributed by atoms with Crippen LogP contribution in [-0.4, -0.2) is 20.6 Å². The van der Waals surface area contributed by atoms with Gasteiger partial charge in [0.2, 0.25) is 0 Å². The zero-order valence-electron chi connectivity index (χ0n) is 10.5. The molecule has 0 aliphatic rings. The third kappa shape index (κ3) is 3.16. The lowest BCUT2D eigenvalue weighted by molar-refractivity contribution is -0.385. The molecule has 0 saturated heterocycles. The van der Waals surface area contributed by atoms with Crippen LogP contribution in [0.5, 0.6) is 0 Å². The summed E-state index contributed by atoms with van der Waals surface area (Å²) in [6, 6.07) is 7.07. The largest absolute Gasteiger partial charge is 0.477 e. The van der Waals surface area contributed by atoms with Crippen LogP contribution in [0.1, 0.15) is 15.9 Å². The number of hydrogen-bond donors (Lipinski definition) is 1. The SMILES string of the molecule is O=C(O)c1cccn(Cc2ccc(Br)cc2[N+](=O)[O-])c1=O. The number of benzene rings is 1. The zero-order valence-corrected chi connectivity index (χ0v) is 12.1. The van der Waals surface area contributed by atoms with E-state index in [1.807, 2.05) is 0 Å². The predicted octanol–water partition coefficient (Wildman–Crippen LogP) is 2.27. The van der Waals surface area contributed by atoms with Crippen molar-refractivity contribution in [1.29, 1.82) is 0 Å². The molecular weight excluding hydrogens is 344 g/mol. The Bertz CT molecular complexity index is 784. The van der Waals surface area contributed by atoms with Crippen LogP contribution in [0, 0.1) is 10.1 Å². The first-order valence-corrected chi connectivity index (χ1v) is 6.55. The summed E-state index contributed by atoms with van der Waals surface area (Å²) in [5, 5.41) is 19.9. The number of aromatic nitrogens is 1. The van der Waals surface area contributed by atoms with Gasteiger partial charge in [-0.25, -0.2) is 4.79 Å². The Morgan fingerprint density at radius 2 is 2.10 bits per heavy atom. The van der Waals surface area contributed by atoms with Gasteiger partial charge in [0.25, 0.3) is 11.2 Å². The molecule has 0 spiro atoms. The minimum atomic E-state index is -1.33. The topological polar surface area (TPSA) is 102 Å². The Labute approximate surface area is 126 Å². The minimum absolute atomic E-state index is 0.0798. The number of hydrogen-bond acceptors (Lipinski definition) is 4. The fourth-order valence-corrected chi connectivity index (χ4v) is 2.20. The summed E-state index contributed by atoms with van der Waals surface area (Å²) in [4.78, 5) is 33.4. The van der Waals surface area contributed by atoms with Crippen LogP contribution in [0.2, 0.25) is 0 Å². The van der Waals surface area contributed by atoms with Gasteiger partial charge in [-0.15, -0.1) is 0 Å². The molecule has 1 heterocycles. The first-order valence-electron chi connectivity index (χ1n) is 5.75. The fraction of sp³-hybridized carbons (Fsp3) is 0.0769. The second kappa shape index (κ2) is 5.88. The van der Waals surface area contributed by atoms with E-state index in [2.05, 4.69) is 15.9 Å². The van der Waals surface area contributed by atoms with Crippen molar-refractivity contribution in [3.63, 3.8) is 0 Å². The smallest absolute Gasteiger partial charge is 0.341 e. The summed E-state index contributed by atoms with van der Waals surface area (Å²) in [6.45, 7) is -0.0798. The monoisotopic (exact) mass is 352 g/mol. The maximum Gasteiger partial charge on any atom is 0.341 e. The quantitative estimate of drug-likeness (QED) is 0.671. The molecule has 7 nitrogen and oxygen atoms in total. The van der Waals surface area contributed by atoms with Crippen LogP contribution in [0.4, 0.5) is 5.69 Å². The Kier molecular flexibility index (Phi) is 4.18. The standard InChI is InChI=1S/C13H9BrN2O5/c14-9-4-3-8(11(6-9)16(20)21)7-15-5-1-2-10(12(15)17)13(18)19/h1-6H,7H2,(H,18,19). The number of nitrogens with zero attached hydrogens (tertiary/aromatic N) is 2. The number of carboxylic acids is 1. The third-order valence-electron chi connectivity index (χ3n) is 2.84. The van der Waals surface area contributed by atoms with Gasteiger partial charge in [0.1, 0.15) is 5.56 Å². The van der Waals surface area contributed by atoms with Crippen LogP contribution in [0.15, 0.2) is 45.8 Å². The average molecular weight is 353 g/mol. The summed E-state index contributed by atoms with van der Waals surface area (Å²) < 4.78 is 1.67. The van der Waals surface area contributed by atoms with E-state index >= 15 is 0 Å². The highest BCUT2D eigenvalue weighted by molar-refractivity contribution is 9.10. The van der Waals surface area contributed by atoms with Crippen molar-refractivity contribution in [2.45, 2.75) is 6.54 Å². The fourth-order valence-electron chi connectivity index (χ4n) is 1.85. The molecule has 2 aromatic rings. The van der Waals surface area contributed by atoms with Crippen molar-refractivity contribution in [3.05, 3.63) is 72.6 Å². The van der Waals surface area contributed by atoms with Crippen molar-refractivity contribution in [1.82, 2.24) is 4.57 Å². The van der Waals surface area contributed by atoms with Gasteiger partial charge in [-0.05, 0) is 24.3 Å². The van der Waals surface area contributed by atoms with E-state index in [0.29, 0.717) is 10.0 Å². The van der Waals surface area contributed by atoms with Gasteiger partial charge in [0.05, 0.1) is 11.5 Å². The predicted molar refractivity (Wildman–Crippen MR) is 77.6 cm³/mol. The summed E-state index contributed by atoms with van der Waals surface area (Å²) >= 11 is 3.14. The number of rotatable bonds is 4. The summed E-state index contributed by atoms with van der Waals surface area (Å²) in [5.41, 5.74) is -0.913. The highest BCUT2D eigenvalue weighted by Gasteiger charge is 2.16. The molecule has 0 aliphatic carbocycles. The van der Waals surface area contributed by atoms with E-state index in [4.69, 9.17) is 5.11 Å². The maximum absolute atomic E-state index is 12.0. The van der Waals surface area contributed by atoms with Crippen LogP contribution in [-0.2, 0) is 6.54 Å². The van der Waals surface area contributed by atoms with E-state index in [-0.39, 0.29) is 17.8 Å². The average Bonchev–Trinajstić information content (AvgIpc) is 2.42. The highest BCUT2D eigenvalue weighted by Crippen LogP contribution is 2.24. The molecule has 0 amide bonds. The Hall–Kier alpha value is -2.48. The molecular formula is C13H9BrN2O5. The van der Waals surface area contributed by atoms with Crippen molar-refractivity contribution in [3.8, 4) is 0 Å². The maximum atomic E-state index is 12.0. The molecule has 21 heavy (non-hydrogen) atoms. The number of halogens is 1. The van der Waals surface area contributed by atoms with Crippen molar-refractivity contribution < 1.29 is 14.8 Å². The van der Waals surface area contributed by atoms with Gasteiger partial charge in [-0.1, -0.05) is 15.9 Å². The molecule has 8 heteroatoms. The Morgan fingerprint density at radius 1 is 1.38 bits per heavy atom. The number of carbonyl (C=O) groups is 1. The summed E-state index contributed by atoms with van der Waals surface area (Å²) in [7, 11) is 0. The normalized spacial score (nSPS) is 10.3. The lowest BCUT2D eigenvalue weighted by Crippen LogP contribution is -2.26. The molecule has 1 aromatic carbocycles. The molecule has 0 aliphatic heterocycles. The molecule has 2 rings (SSSR count). The molecule has 0 bridgehead atoms. The second-order valence-corrected chi connectivity index (χ2v) is 5.11. The lowest BCUT2D eigenvalue weighted by Gasteiger charge is -2.07. The molecule has 1 N–H and O–H groups in total. The minimum Gasteiger partial charge on any atom is -0.477 e. The number of pyridine rings is 1. The molecule has 0 unspecified atom stereocenters. The lowest BCUT2D eigenvalue weighted by atomic mass is 10.1. The van der Waals surface area contributed by atoms with E-state index in [0.717, 1.165) is 4.57 Å². The van der Waals surface area contributed by atoms with Gasteiger partial charge < -0.3 is 9.67 Å². The van der Waals surface area contributed by atoms with Gasteiger partial charge >= 0.3 is 5.97 Å². The van der Waals surface area contributed by atoms with Crippen molar-refractivity contribution in [2.75, 3.05) is 0 Å². The third-order valence-corrected chi connectivity index (χ3v) is 3.33. The van der Waals surface area contributed by atoms with Crippen LogP contribution >= 0.6 is 15.9 Å². The van der Waals surface area contributed by atoms with Gasteiger partial charge in [0, 0.05) is 22.3 Å². The Morgan fingerprint density at radius 3 is 2.71 bits per heavy atom. The number of aromatic carboxylic acids is 1. The van der Waals surface area contributed by atoms with Crippen molar-refractivity contribution in [2.24, 2.45) is 0 Å².